The Bertz CT molecular complexity index is 1640. The number of nitrogens with zero attached hydrogens (tertiary/aromatic N) is 2. The Morgan fingerprint density at radius 2 is 1.76 bits per heavy atom. The number of carboxylic acids is 1. The third-order valence-electron chi connectivity index (χ3n) is 5.57. The molecule has 2 amide bonds. The number of aromatic carboxylic acids is 1. The molecule has 0 aliphatic carbocycles. The van der Waals surface area contributed by atoms with E-state index in [0.29, 0.717) is 0 Å². The van der Waals surface area contributed by atoms with Gasteiger partial charge in [-0.05, 0) is 35.9 Å². The highest BCUT2D eigenvalue weighted by Gasteiger charge is 2.34. The Morgan fingerprint density at radius 3 is 2.42 bits per heavy atom. The van der Waals surface area contributed by atoms with E-state index in [0.717, 1.165) is 12.1 Å². The number of alkyl halides is 3. The van der Waals surface area contributed by atoms with Crippen molar-refractivity contribution < 1.29 is 37.2 Å². The standard InChI is InChI=1S/C26H17F3N4O5/c1-2-22(34)31-20-11-21-17(10-15(20)14-5-3-4-6-18(14)26(27,28)29)23(33-38-21)24(35)32-19-8-7-13(12-30)9-16(19)25(36)37/h3-11H,2H2,1H3,(H,31,34)(H,32,35)(H,36,37). The highest BCUT2D eigenvalue weighted by molar-refractivity contribution is 6.14. The van der Waals surface area contributed by atoms with Crippen LogP contribution in [-0.4, -0.2) is 28.0 Å². The molecule has 0 radical (unpaired) electrons. The molecule has 3 N–H and O–H groups in total. The summed E-state index contributed by atoms with van der Waals surface area (Å²) in [6, 6.07) is 12.7. The maximum atomic E-state index is 13.8. The number of anilines is 2. The second-order valence-electron chi connectivity index (χ2n) is 8.00. The van der Waals surface area contributed by atoms with Gasteiger partial charge in [-0.2, -0.15) is 18.4 Å². The Hall–Kier alpha value is -5.18. The Balaban J connectivity index is 1.85. The van der Waals surface area contributed by atoms with Crippen molar-refractivity contribution in [2.24, 2.45) is 0 Å². The van der Waals surface area contributed by atoms with Gasteiger partial charge in [-0.15, -0.1) is 0 Å². The first-order valence-electron chi connectivity index (χ1n) is 11.0. The number of halogens is 3. The lowest BCUT2D eigenvalue weighted by molar-refractivity contribution is -0.137. The topological polar surface area (TPSA) is 145 Å². The molecule has 1 aromatic heterocycles. The van der Waals surface area contributed by atoms with Crippen LogP contribution in [-0.2, 0) is 11.0 Å². The summed E-state index contributed by atoms with van der Waals surface area (Å²) in [7, 11) is 0. The van der Waals surface area contributed by atoms with Crippen molar-refractivity contribution in [2.45, 2.75) is 19.5 Å². The molecule has 1 heterocycles. The van der Waals surface area contributed by atoms with Crippen LogP contribution >= 0.6 is 0 Å². The zero-order valence-corrected chi connectivity index (χ0v) is 19.5. The van der Waals surface area contributed by atoms with Gasteiger partial charge < -0.3 is 20.3 Å². The summed E-state index contributed by atoms with van der Waals surface area (Å²) >= 11 is 0. The highest BCUT2D eigenvalue weighted by Crippen LogP contribution is 2.41. The molecule has 38 heavy (non-hydrogen) atoms. The van der Waals surface area contributed by atoms with Crippen LogP contribution in [0.3, 0.4) is 0 Å². The van der Waals surface area contributed by atoms with Crippen LogP contribution in [0.15, 0.2) is 59.1 Å². The quantitative estimate of drug-likeness (QED) is 0.295. The summed E-state index contributed by atoms with van der Waals surface area (Å²) in [6.45, 7) is 1.57. The summed E-state index contributed by atoms with van der Waals surface area (Å²) in [4.78, 5) is 36.8. The molecule has 192 valence electrons. The minimum Gasteiger partial charge on any atom is -0.478 e. The summed E-state index contributed by atoms with van der Waals surface area (Å²) in [5.74, 6) is -2.77. The fourth-order valence-corrected chi connectivity index (χ4v) is 3.76. The predicted molar refractivity (Wildman–Crippen MR) is 129 cm³/mol. The largest absolute Gasteiger partial charge is 0.478 e. The fourth-order valence-electron chi connectivity index (χ4n) is 3.76. The number of fused-ring (bicyclic) bond motifs is 1. The van der Waals surface area contributed by atoms with Crippen molar-refractivity contribution in [2.75, 3.05) is 10.6 Å². The molecule has 0 atom stereocenters. The van der Waals surface area contributed by atoms with Crippen molar-refractivity contribution in [3.05, 3.63) is 77.0 Å². The molecule has 0 spiro atoms. The fraction of sp³-hybridized carbons (Fsp3) is 0.115. The van der Waals surface area contributed by atoms with Crippen LogP contribution in [0.1, 0.15) is 45.3 Å². The van der Waals surface area contributed by atoms with Gasteiger partial charge in [-0.3, -0.25) is 9.59 Å². The molecule has 0 fully saturated rings. The lowest BCUT2D eigenvalue weighted by Crippen LogP contribution is -2.16. The minimum atomic E-state index is -4.71. The zero-order chi connectivity index (χ0) is 27.6. The summed E-state index contributed by atoms with van der Waals surface area (Å²) in [5.41, 5.74) is -1.99. The normalized spacial score (nSPS) is 11.1. The van der Waals surface area contributed by atoms with E-state index >= 15 is 0 Å². The van der Waals surface area contributed by atoms with Crippen LogP contribution in [0.5, 0.6) is 0 Å². The van der Waals surface area contributed by atoms with Crippen molar-refractivity contribution in [3.8, 4) is 17.2 Å². The van der Waals surface area contributed by atoms with Crippen LogP contribution in [0, 0.1) is 11.3 Å². The van der Waals surface area contributed by atoms with E-state index in [4.69, 9.17) is 9.78 Å². The van der Waals surface area contributed by atoms with Crippen molar-refractivity contribution in [3.63, 3.8) is 0 Å². The first-order chi connectivity index (χ1) is 18.0. The van der Waals surface area contributed by atoms with Gasteiger partial charge in [0.2, 0.25) is 5.91 Å². The van der Waals surface area contributed by atoms with Crippen LogP contribution in [0.2, 0.25) is 0 Å². The number of benzene rings is 3. The maximum absolute atomic E-state index is 13.8. The van der Waals surface area contributed by atoms with Gasteiger partial charge in [0.15, 0.2) is 11.3 Å². The van der Waals surface area contributed by atoms with Gasteiger partial charge in [0.25, 0.3) is 5.91 Å². The second-order valence-corrected chi connectivity index (χ2v) is 8.00. The number of carbonyl (C=O) groups is 3. The number of rotatable bonds is 6. The van der Waals surface area contributed by atoms with Crippen molar-refractivity contribution in [1.29, 1.82) is 5.26 Å². The number of hydrogen-bond donors (Lipinski definition) is 3. The van der Waals surface area contributed by atoms with E-state index < -0.39 is 29.5 Å². The molecule has 12 heteroatoms. The average molecular weight is 522 g/mol. The molecule has 0 saturated heterocycles. The third-order valence-corrected chi connectivity index (χ3v) is 5.57. The molecule has 9 nitrogen and oxygen atoms in total. The Kier molecular flexibility index (Phi) is 6.85. The molecule has 0 aliphatic rings. The number of amides is 2. The first kappa shape index (κ1) is 25.9. The molecule has 0 saturated carbocycles. The maximum Gasteiger partial charge on any atom is 0.417 e. The lowest BCUT2D eigenvalue weighted by Gasteiger charge is -2.16. The van der Waals surface area contributed by atoms with Crippen LogP contribution < -0.4 is 10.6 Å². The first-order valence-corrected chi connectivity index (χ1v) is 11.0. The average Bonchev–Trinajstić information content (AvgIpc) is 3.30. The van der Waals surface area contributed by atoms with Gasteiger partial charge in [0, 0.05) is 18.1 Å². The SMILES string of the molecule is CCC(=O)Nc1cc2onc(C(=O)Nc3ccc(C#N)cc3C(=O)O)c2cc1-c1ccccc1C(F)(F)F. The van der Waals surface area contributed by atoms with Crippen molar-refractivity contribution in [1.82, 2.24) is 5.16 Å². The molecule has 3 aromatic carbocycles. The van der Waals surface area contributed by atoms with E-state index in [-0.39, 0.29) is 56.7 Å². The number of nitriles is 1. The van der Waals surface area contributed by atoms with Gasteiger partial charge in [0.1, 0.15) is 0 Å². The predicted octanol–water partition coefficient (Wildman–Crippen LogP) is 5.68. The Labute approximate surface area is 212 Å². The number of carbonyl (C=O) groups excluding carboxylic acids is 2. The molecular weight excluding hydrogens is 505 g/mol. The van der Waals surface area contributed by atoms with Gasteiger partial charge in [-0.25, -0.2) is 4.79 Å². The molecule has 0 aliphatic heterocycles. The smallest absolute Gasteiger partial charge is 0.417 e. The van der Waals surface area contributed by atoms with E-state index in [1.807, 2.05) is 0 Å². The molecule has 4 aromatic rings. The number of aromatic nitrogens is 1. The summed E-state index contributed by atoms with van der Waals surface area (Å²) < 4.78 is 46.6. The highest BCUT2D eigenvalue weighted by atomic mass is 19.4. The lowest BCUT2D eigenvalue weighted by atomic mass is 9.96. The van der Waals surface area contributed by atoms with Gasteiger partial charge in [-0.1, -0.05) is 30.3 Å². The molecule has 4 rings (SSSR count). The van der Waals surface area contributed by atoms with E-state index in [1.54, 1.807) is 13.0 Å². The minimum absolute atomic E-state index is 0.00641. The number of carboxylic acid groups (broad SMARTS) is 1. The number of nitrogens with one attached hydrogen (secondary N) is 2. The van der Waals surface area contributed by atoms with E-state index in [9.17, 15) is 32.7 Å². The second kappa shape index (κ2) is 10.1. The van der Waals surface area contributed by atoms with Crippen LogP contribution in [0.25, 0.3) is 22.1 Å². The van der Waals surface area contributed by atoms with E-state index in [1.165, 1.54) is 42.5 Å². The summed E-state index contributed by atoms with van der Waals surface area (Å²) in [5, 5.41) is 27.2. The zero-order valence-electron chi connectivity index (χ0n) is 19.5. The number of hydrogen-bond acceptors (Lipinski definition) is 6. The molecular formula is C26H17F3N4O5. The van der Waals surface area contributed by atoms with Gasteiger partial charge >= 0.3 is 12.1 Å². The van der Waals surface area contributed by atoms with Gasteiger partial charge in [0.05, 0.1) is 39.5 Å². The monoisotopic (exact) mass is 522 g/mol. The summed E-state index contributed by atoms with van der Waals surface area (Å²) in [6.07, 6.45) is -4.66. The Morgan fingerprint density at radius 1 is 1.03 bits per heavy atom. The molecule has 0 unspecified atom stereocenters. The van der Waals surface area contributed by atoms with E-state index in [2.05, 4.69) is 15.8 Å². The third kappa shape index (κ3) is 5.03. The molecule has 0 bridgehead atoms. The van der Waals surface area contributed by atoms with Crippen LogP contribution in [0.4, 0.5) is 24.5 Å². The van der Waals surface area contributed by atoms with Crippen molar-refractivity contribution >= 4 is 40.1 Å².